The summed E-state index contributed by atoms with van der Waals surface area (Å²) in [6, 6.07) is 8.26. The van der Waals surface area contributed by atoms with Crippen molar-refractivity contribution in [2.24, 2.45) is 5.92 Å². The normalized spacial score (nSPS) is 18.0. The summed E-state index contributed by atoms with van der Waals surface area (Å²) in [6.07, 6.45) is 2.21. The molecule has 0 saturated carbocycles. The van der Waals surface area contributed by atoms with Crippen LogP contribution < -0.4 is 5.73 Å². The number of nitrogen functional groups attached to an aromatic ring is 1. The van der Waals surface area contributed by atoms with E-state index in [4.69, 9.17) is 15.5 Å². The Kier molecular flexibility index (Phi) is 3.49. The molecule has 3 rings (SSSR count). The van der Waals surface area contributed by atoms with E-state index in [-0.39, 0.29) is 0 Å². The number of methoxy groups -OCH3 is 1. The average molecular weight is 271 g/mol. The second kappa shape index (κ2) is 5.29. The number of rotatable bonds is 3. The van der Waals surface area contributed by atoms with Crippen LogP contribution in [-0.2, 0) is 24.3 Å². The molecule has 0 radical (unpaired) electrons. The smallest absolute Gasteiger partial charge is 0.131 e. The maximum absolute atomic E-state index is 6.31. The van der Waals surface area contributed by atoms with Crippen molar-refractivity contribution < 1.29 is 4.74 Å². The van der Waals surface area contributed by atoms with E-state index >= 15 is 0 Å². The summed E-state index contributed by atoms with van der Waals surface area (Å²) in [5, 5.41) is 0. The molecule has 2 aromatic rings. The summed E-state index contributed by atoms with van der Waals surface area (Å²) in [6.45, 7) is 3.85. The van der Waals surface area contributed by atoms with Crippen molar-refractivity contribution in [3.05, 3.63) is 35.7 Å². The molecule has 0 spiro atoms. The van der Waals surface area contributed by atoms with Crippen molar-refractivity contribution >= 4 is 5.82 Å². The van der Waals surface area contributed by atoms with Crippen molar-refractivity contribution in [1.29, 1.82) is 0 Å². The lowest BCUT2D eigenvalue weighted by Crippen LogP contribution is -2.19. The van der Waals surface area contributed by atoms with E-state index in [2.05, 4.69) is 29.7 Å². The van der Waals surface area contributed by atoms with Crippen LogP contribution in [0.1, 0.15) is 24.7 Å². The van der Waals surface area contributed by atoms with Crippen molar-refractivity contribution in [2.75, 3.05) is 12.8 Å². The Labute approximate surface area is 119 Å². The molecule has 2 heterocycles. The number of nitrogens with two attached hydrogens (primary N) is 1. The van der Waals surface area contributed by atoms with Crippen molar-refractivity contribution in [1.82, 2.24) is 9.55 Å². The summed E-state index contributed by atoms with van der Waals surface area (Å²) in [5.41, 5.74) is 9.44. The van der Waals surface area contributed by atoms with Crippen LogP contribution in [0, 0.1) is 5.92 Å². The number of benzene rings is 1. The minimum atomic E-state index is 0.609. The molecule has 4 heteroatoms. The van der Waals surface area contributed by atoms with Crippen LogP contribution in [0.3, 0.4) is 0 Å². The number of anilines is 1. The fraction of sp³-hybridized carbons (Fsp3) is 0.438. The zero-order chi connectivity index (χ0) is 14.1. The van der Waals surface area contributed by atoms with Gasteiger partial charge >= 0.3 is 0 Å². The standard InChI is InChI=1S/C16H21N3O/c1-11-6-7-14-18-15(16(17)19(14)9-11)13-5-3-4-12(8-13)10-20-2/h3-5,8,11H,6-7,9-10,17H2,1-2H3. The van der Waals surface area contributed by atoms with Crippen LogP contribution in [0.2, 0.25) is 0 Å². The predicted octanol–water partition coefficient (Wildman–Crippen LogP) is 2.86. The van der Waals surface area contributed by atoms with Crippen LogP contribution in [-0.4, -0.2) is 16.7 Å². The summed E-state index contributed by atoms with van der Waals surface area (Å²) in [4.78, 5) is 4.75. The molecule has 0 aliphatic carbocycles. The van der Waals surface area contributed by atoms with E-state index < -0.39 is 0 Å². The Morgan fingerprint density at radius 1 is 1.45 bits per heavy atom. The molecule has 1 aromatic heterocycles. The number of nitrogens with zero attached hydrogens (tertiary/aromatic N) is 2. The molecule has 1 aliphatic rings. The summed E-state index contributed by atoms with van der Waals surface area (Å²) in [5.74, 6) is 2.58. The second-order valence-corrected chi connectivity index (χ2v) is 5.65. The molecule has 2 N–H and O–H groups in total. The highest BCUT2D eigenvalue weighted by Crippen LogP contribution is 2.31. The fourth-order valence-corrected chi connectivity index (χ4v) is 2.87. The molecule has 1 aliphatic heterocycles. The molecular formula is C16H21N3O. The highest BCUT2D eigenvalue weighted by molar-refractivity contribution is 5.71. The zero-order valence-corrected chi connectivity index (χ0v) is 12.1. The molecule has 0 amide bonds. The van der Waals surface area contributed by atoms with Gasteiger partial charge in [0.15, 0.2) is 0 Å². The third-order valence-corrected chi connectivity index (χ3v) is 3.95. The van der Waals surface area contributed by atoms with Gasteiger partial charge in [-0.1, -0.05) is 25.1 Å². The van der Waals surface area contributed by atoms with Crippen LogP contribution >= 0.6 is 0 Å². The SMILES string of the molecule is COCc1cccc(-c2nc3n(c2N)CC(C)CC3)c1. The third kappa shape index (κ3) is 2.31. The Bertz CT molecular complexity index is 618. The van der Waals surface area contributed by atoms with Gasteiger partial charge in [-0.15, -0.1) is 0 Å². The summed E-state index contributed by atoms with van der Waals surface area (Å²) < 4.78 is 7.36. The molecule has 1 aromatic carbocycles. The molecule has 4 nitrogen and oxygen atoms in total. The van der Waals surface area contributed by atoms with Crippen molar-refractivity contribution in [2.45, 2.75) is 32.9 Å². The first-order valence-electron chi connectivity index (χ1n) is 7.12. The number of aromatic nitrogens is 2. The Morgan fingerprint density at radius 2 is 2.30 bits per heavy atom. The first kappa shape index (κ1) is 13.2. The van der Waals surface area contributed by atoms with Gasteiger partial charge in [0, 0.05) is 25.6 Å². The van der Waals surface area contributed by atoms with E-state index in [1.165, 1.54) is 6.42 Å². The Hall–Kier alpha value is -1.81. The van der Waals surface area contributed by atoms with E-state index in [0.29, 0.717) is 12.5 Å². The van der Waals surface area contributed by atoms with E-state index in [0.717, 1.165) is 41.4 Å². The lowest BCUT2D eigenvalue weighted by Gasteiger charge is -2.20. The maximum atomic E-state index is 6.31. The molecule has 0 bridgehead atoms. The maximum Gasteiger partial charge on any atom is 0.131 e. The molecule has 1 unspecified atom stereocenters. The number of hydrogen-bond donors (Lipinski definition) is 1. The summed E-state index contributed by atoms with van der Waals surface area (Å²) in [7, 11) is 1.71. The molecule has 0 fully saturated rings. The minimum Gasteiger partial charge on any atom is -0.383 e. The van der Waals surface area contributed by atoms with Gasteiger partial charge in [-0.05, 0) is 24.0 Å². The summed E-state index contributed by atoms with van der Waals surface area (Å²) >= 11 is 0. The van der Waals surface area contributed by atoms with Crippen molar-refractivity contribution in [3.63, 3.8) is 0 Å². The van der Waals surface area contributed by atoms with Gasteiger partial charge in [-0.3, -0.25) is 0 Å². The second-order valence-electron chi connectivity index (χ2n) is 5.65. The quantitative estimate of drug-likeness (QED) is 0.934. The largest absolute Gasteiger partial charge is 0.383 e. The fourth-order valence-electron chi connectivity index (χ4n) is 2.87. The predicted molar refractivity (Wildman–Crippen MR) is 80.3 cm³/mol. The molecular weight excluding hydrogens is 250 g/mol. The van der Waals surface area contributed by atoms with E-state index in [1.54, 1.807) is 7.11 Å². The van der Waals surface area contributed by atoms with Crippen LogP contribution in [0.5, 0.6) is 0 Å². The van der Waals surface area contributed by atoms with Gasteiger partial charge < -0.3 is 15.0 Å². The van der Waals surface area contributed by atoms with Gasteiger partial charge in [-0.2, -0.15) is 0 Å². The van der Waals surface area contributed by atoms with Crippen LogP contribution in [0.4, 0.5) is 5.82 Å². The van der Waals surface area contributed by atoms with Crippen LogP contribution in [0.15, 0.2) is 24.3 Å². The monoisotopic (exact) mass is 271 g/mol. The highest BCUT2D eigenvalue weighted by Gasteiger charge is 2.22. The van der Waals surface area contributed by atoms with Crippen molar-refractivity contribution in [3.8, 4) is 11.3 Å². The lowest BCUT2D eigenvalue weighted by atomic mass is 10.0. The minimum absolute atomic E-state index is 0.609. The number of fused-ring (bicyclic) bond motifs is 1. The first-order valence-corrected chi connectivity index (χ1v) is 7.12. The first-order chi connectivity index (χ1) is 9.69. The third-order valence-electron chi connectivity index (χ3n) is 3.95. The Balaban J connectivity index is 2.00. The lowest BCUT2D eigenvalue weighted by molar-refractivity contribution is 0.185. The molecule has 106 valence electrons. The molecule has 0 saturated heterocycles. The molecule has 20 heavy (non-hydrogen) atoms. The van der Waals surface area contributed by atoms with Crippen LogP contribution in [0.25, 0.3) is 11.3 Å². The van der Waals surface area contributed by atoms with E-state index in [1.807, 2.05) is 6.07 Å². The zero-order valence-electron chi connectivity index (χ0n) is 12.1. The van der Waals surface area contributed by atoms with Gasteiger partial charge in [0.2, 0.25) is 0 Å². The number of ether oxygens (including phenoxy) is 1. The average Bonchev–Trinajstić information content (AvgIpc) is 2.77. The van der Waals surface area contributed by atoms with Gasteiger partial charge in [-0.25, -0.2) is 4.98 Å². The highest BCUT2D eigenvalue weighted by atomic mass is 16.5. The Morgan fingerprint density at radius 3 is 3.10 bits per heavy atom. The van der Waals surface area contributed by atoms with Gasteiger partial charge in [0.25, 0.3) is 0 Å². The topological polar surface area (TPSA) is 53.1 Å². The van der Waals surface area contributed by atoms with Gasteiger partial charge in [0.1, 0.15) is 17.3 Å². The number of aryl methyl sites for hydroxylation is 1. The van der Waals surface area contributed by atoms with E-state index in [9.17, 15) is 0 Å². The number of imidazole rings is 1. The molecule has 1 atom stereocenters. The number of hydrogen-bond acceptors (Lipinski definition) is 3. The van der Waals surface area contributed by atoms with Gasteiger partial charge in [0.05, 0.1) is 6.61 Å².